The van der Waals surface area contributed by atoms with Crippen LogP contribution in [0.25, 0.3) is 0 Å². The van der Waals surface area contributed by atoms with Crippen molar-refractivity contribution in [2.45, 2.75) is 25.3 Å². The van der Waals surface area contributed by atoms with Gasteiger partial charge in [0, 0.05) is 12.6 Å². The van der Waals surface area contributed by atoms with Gasteiger partial charge in [-0.1, -0.05) is 6.42 Å². The van der Waals surface area contributed by atoms with Crippen LogP contribution in [0, 0.1) is 0 Å². The van der Waals surface area contributed by atoms with E-state index in [-0.39, 0.29) is 12.6 Å². The summed E-state index contributed by atoms with van der Waals surface area (Å²) in [6.45, 7) is 1.14. The zero-order chi connectivity index (χ0) is 6.69. The van der Waals surface area contributed by atoms with Crippen molar-refractivity contribution in [1.82, 2.24) is 5.01 Å². The molecule has 3 heteroatoms. The summed E-state index contributed by atoms with van der Waals surface area (Å²) in [6, 6.07) is 0.221. The molecule has 1 rings (SSSR count). The van der Waals surface area contributed by atoms with Gasteiger partial charge in [-0.15, -0.1) is 0 Å². The summed E-state index contributed by atoms with van der Waals surface area (Å²) in [5.41, 5.74) is 0. The molecule has 9 heavy (non-hydrogen) atoms. The van der Waals surface area contributed by atoms with E-state index >= 15 is 0 Å². The molecule has 0 unspecified atom stereocenters. The van der Waals surface area contributed by atoms with Crippen LogP contribution in [-0.2, 0) is 0 Å². The fraction of sp³-hybridized carbons (Fsp3) is 1.00. The van der Waals surface area contributed by atoms with Gasteiger partial charge in [0.1, 0.15) is 0 Å². The summed E-state index contributed by atoms with van der Waals surface area (Å²) in [7, 11) is 0. The predicted octanol–water partition coefficient (Wildman–Crippen LogP) is -0.293. The van der Waals surface area contributed by atoms with Crippen LogP contribution >= 0.6 is 0 Å². The second kappa shape index (κ2) is 3.15. The van der Waals surface area contributed by atoms with Crippen molar-refractivity contribution in [3.05, 3.63) is 0 Å². The van der Waals surface area contributed by atoms with E-state index in [1.807, 2.05) is 0 Å². The maximum absolute atomic E-state index is 8.74. The van der Waals surface area contributed by atoms with E-state index < -0.39 is 0 Å². The van der Waals surface area contributed by atoms with Crippen molar-refractivity contribution in [1.29, 1.82) is 0 Å². The third-order valence-electron chi connectivity index (χ3n) is 1.88. The number of aliphatic hydroxyl groups is 1. The molecule has 1 saturated heterocycles. The third kappa shape index (κ3) is 1.64. The lowest BCUT2D eigenvalue weighted by atomic mass is 10.1. The Hall–Kier alpha value is -0.120. The van der Waals surface area contributed by atoms with Crippen LogP contribution in [0.3, 0.4) is 0 Å². The lowest BCUT2D eigenvalue weighted by Crippen LogP contribution is -2.46. The lowest BCUT2D eigenvalue weighted by molar-refractivity contribution is 0.0910. The molecule has 1 fully saturated rings. The fourth-order valence-electron chi connectivity index (χ4n) is 1.22. The van der Waals surface area contributed by atoms with Crippen LogP contribution in [0.4, 0.5) is 0 Å². The van der Waals surface area contributed by atoms with Crippen LogP contribution < -0.4 is 5.84 Å². The van der Waals surface area contributed by atoms with Gasteiger partial charge in [0.05, 0.1) is 6.61 Å². The molecule has 0 aromatic carbocycles. The van der Waals surface area contributed by atoms with Gasteiger partial charge < -0.3 is 5.11 Å². The van der Waals surface area contributed by atoms with E-state index in [9.17, 15) is 0 Å². The van der Waals surface area contributed by atoms with Crippen molar-refractivity contribution < 1.29 is 5.11 Å². The van der Waals surface area contributed by atoms with Gasteiger partial charge in [-0.2, -0.15) is 0 Å². The van der Waals surface area contributed by atoms with Gasteiger partial charge in [-0.3, -0.25) is 5.84 Å². The predicted molar refractivity (Wildman–Crippen MR) is 35.6 cm³/mol. The fourth-order valence-corrected chi connectivity index (χ4v) is 1.22. The number of hydrazine groups is 1. The Balaban J connectivity index is 2.30. The number of rotatable bonds is 1. The summed E-state index contributed by atoms with van der Waals surface area (Å²) in [5, 5.41) is 10.5. The van der Waals surface area contributed by atoms with Gasteiger partial charge >= 0.3 is 0 Å². The summed E-state index contributed by atoms with van der Waals surface area (Å²) >= 11 is 0. The molecule has 1 aliphatic rings. The summed E-state index contributed by atoms with van der Waals surface area (Å²) in [5.74, 6) is 5.56. The normalized spacial score (nSPS) is 30.7. The molecule has 0 aliphatic carbocycles. The Kier molecular flexibility index (Phi) is 2.45. The van der Waals surface area contributed by atoms with Crippen LogP contribution in [0.15, 0.2) is 0 Å². The third-order valence-corrected chi connectivity index (χ3v) is 1.88. The Morgan fingerprint density at radius 1 is 1.56 bits per heavy atom. The monoisotopic (exact) mass is 130 g/mol. The molecule has 3 N–H and O–H groups in total. The van der Waals surface area contributed by atoms with Crippen LogP contribution in [0.1, 0.15) is 19.3 Å². The zero-order valence-electron chi connectivity index (χ0n) is 5.58. The number of hydrogen-bond acceptors (Lipinski definition) is 3. The first kappa shape index (κ1) is 6.99. The molecule has 0 radical (unpaired) electrons. The molecule has 0 spiro atoms. The largest absolute Gasteiger partial charge is 0.395 e. The second-order valence-corrected chi connectivity index (χ2v) is 2.57. The van der Waals surface area contributed by atoms with E-state index in [4.69, 9.17) is 10.9 Å². The Morgan fingerprint density at radius 3 is 2.78 bits per heavy atom. The highest BCUT2D eigenvalue weighted by molar-refractivity contribution is 4.70. The van der Waals surface area contributed by atoms with Crippen LogP contribution in [0.2, 0.25) is 0 Å². The van der Waals surface area contributed by atoms with E-state index in [0.29, 0.717) is 0 Å². The number of hydrogen-bond donors (Lipinski definition) is 2. The Bertz CT molecular complexity index is 87.1. The molecular weight excluding hydrogens is 116 g/mol. The highest BCUT2D eigenvalue weighted by atomic mass is 16.3. The van der Waals surface area contributed by atoms with Crippen molar-refractivity contribution in [2.24, 2.45) is 5.84 Å². The highest BCUT2D eigenvalue weighted by Gasteiger charge is 2.17. The van der Waals surface area contributed by atoms with Crippen molar-refractivity contribution in [3.63, 3.8) is 0 Å². The van der Waals surface area contributed by atoms with Gasteiger partial charge in [0.2, 0.25) is 0 Å². The average Bonchev–Trinajstić information content (AvgIpc) is 1.89. The molecule has 0 bridgehead atoms. The lowest BCUT2D eigenvalue weighted by Gasteiger charge is -2.29. The highest BCUT2D eigenvalue weighted by Crippen LogP contribution is 2.11. The molecule has 0 aromatic rings. The van der Waals surface area contributed by atoms with E-state index in [0.717, 1.165) is 13.0 Å². The first-order chi connectivity index (χ1) is 4.34. The summed E-state index contributed by atoms with van der Waals surface area (Å²) in [6.07, 6.45) is 3.43. The molecule has 3 nitrogen and oxygen atoms in total. The number of nitrogens with two attached hydrogens (primary N) is 1. The standard InChI is InChI=1S/C6H14N2O/c7-8-4-2-1-3-6(8)5-9/h6,9H,1-5,7H2/t6-/m1/s1. The van der Waals surface area contributed by atoms with E-state index in [1.165, 1.54) is 12.8 Å². The minimum atomic E-state index is 0.205. The molecule has 54 valence electrons. The minimum absolute atomic E-state index is 0.205. The zero-order valence-corrected chi connectivity index (χ0v) is 5.58. The average molecular weight is 130 g/mol. The number of nitrogens with zero attached hydrogens (tertiary/aromatic N) is 1. The smallest absolute Gasteiger partial charge is 0.0600 e. The van der Waals surface area contributed by atoms with Crippen molar-refractivity contribution in [3.8, 4) is 0 Å². The first-order valence-corrected chi connectivity index (χ1v) is 3.47. The molecular formula is C6H14N2O. The topological polar surface area (TPSA) is 49.5 Å². The van der Waals surface area contributed by atoms with E-state index in [2.05, 4.69) is 0 Å². The van der Waals surface area contributed by atoms with Crippen LogP contribution in [-0.4, -0.2) is 29.3 Å². The summed E-state index contributed by atoms with van der Waals surface area (Å²) < 4.78 is 0. The number of aliphatic hydroxyl groups excluding tert-OH is 1. The molecule has 0 aromatic heterocycles. The van der Waals surface area contributed by atoms with Gasteiger partial charge in [0.25, 0.3) is 0 Å². The maximum Gasteiger partial charge on any atom is 0.0600 e. The quantitative estimate of drug-likeness (QED) is 0.479. The Morgan fingerprint density at radius 2 is 2.33 bits per heavy atom. The van der Waals surface area contributed by atoms with Crippen molar-refractivity contribution in [2.75, 3.05) is 13.2 Å². The Labute approximate surface area is 55.4 Å². The maximum atomic E-state index is 8.74. The minimum Gasteiger partial charge on any atom is -0.395 e. The molecule has 1 atom stereocenters. The number of piperidine rings is 1. The first-order valence-electron chi connectivity index (χ1n) is 3.47. The van der Waals surface area contributed by atoms with E-state index in [1.54, 1.807) is 5.01 Å². The molecule has 1 aliphatic heterocycles. The van der Waals surface area contributed by atoms with Gasteiger partial charge in [-0.25, -0.2) is 5.01 Å². The van der Waals surface area contributed by atoms with Gasteiger partial charge in [-0.05, 0) is 12.8 Å². The van der Waals surface area contributed by atoms with Crippen LogP contribution in [0.5, 0.6) is 0 Å². The molecule has 0 amide bonds. The molecule has 0 saturated carbocycles. The second-order valence-electron chi connectivity index (χ2n) is 2.57. The SMILES string of the molecule is NN1CCCC[C@@H]1CO. The van der Waals surface area contributed by atoms with Gasteiger partial charge in [0.15, 0.2) is 0 Å². The summed E-state index contributed by atoms with van der Waals surface area (Å²) in [4.78, 5) is 0. The molecule has 1 heterocycles. The van der Waals surface area contributed by atoms with Crippen molar-refractivity contribution >= 4 is 0 Å².